The number of rotatable bonds is 26. The van der Waals surface area contributed by atoms with Gasteiger partial charge in [0, 0.05) is 89.0 Å². The maximum Gasteiger partial charge on any atom is 0.305 e. The molecule has 0 fully saturated rings. The minimum atomic E-state index is -1.26. The first-order chi connectivity index (χ1) is 30.8. The molecule has 8 N–H and O–H groups in total. The first-order valence-electron chi connectivity index (χ1n) is 20.6. The van der Waals surface area contributed by atoms with Gasteiger partial charge in [0.15, 0.2) is 0 Å². The van der Waals surface area contributed by atoms with Crippen LogP contribution in [0.4, 0.5) is 0 Å². The van der Waals surface area contributed by atoms with E-state index in [1.54, 1.807) is 68.0 Å². The molecule has 0 spiro atoms. The van der Waals surface area contributed by atoms with Gasteiger partial charge in [0.25, 0.3) is 0 Å². The van der Waals surface area contributed by atoms with E-state index >= 15 is 0 Å². The van der Waals surface area contributed by atoms with Crippen LogP contribution in [0.3, 0.4) is 0 Å². The van der Waals surface area contributed by atoms with Crippen LogP contribution < -0.4 is 31.9 Å². The number of hydrogen-bond donors (Lipinski definition) is 8. The van der Waals surface area contributed by atoms with E-state index in [-0.39, 0.29) is 70.6 Å². The summed E-state index contributed by atoms with van der Waals surface area (Å²) in [6, 6.07) is 15.4. The zero-order chi connectivity index (χ0) is 46.3. The van der Waals surface area contributed by atoms with Crippen molar-refractivity contribution in [2.24, 2.45) is 5.92 Å². The van der Waals surface area contributed by atoms with E-state index in [0.29, 0.717) is 34.8 Å². The Hall–Kier alpha value is -7.64. The lowest BCUT2D eigenvalue weighted by Crippen LogP contribution is -2.50. The zero-order valence-electron chi connectivity index (χ0n) is 35.2. The van der Waals surface area contributed by atoms with Crippen LogP contribution in [0.5, 0.6) is 0 Å². The lowest BCUT2D eigenvalue weighted by Gasteiger charge is -2.20. The monoisotopic (exact) mass is 880 g/mol. The summed E-state index contributed by atoms with van der Waals surface area (Å²) in [5.74, 6) is -6.08. The summed E-state index contributed by atoms with van der Waals surface area (Å²) in [5.41, 5.74) is 3.98. The highest BCUT2D eigenvalue weighted by Crippen LogP contribution is 2.18. The largest absolute Gasteiger partial charge is 0.481 e. The van der Waals surface area contributed by atoms with Crippen LogP contribution >= 0.6 is 0 Å². The number of nitrogens with one attached hydrogen (secondary N) is 6. The predicted molar refractivity (Wildman–Crippen MR) is 230 cm³/mol. The maximum atomic E-state index is 13.4. The van der Waals surface area contributed by atoms with Crippen molar-refractivity contribution in [3.63, 3.8) is 0 Å². The molecule has 0 radical (unpaired) electrons. The van der Waals surface area contributed by atoms with E-state index in [1.165, 1.54) is 6.20 Å². The highest BCUT2D eigenvalue weighted by Gasteiger charge is 2.25. The Morgan fingerprint density at radius 2 is 0.938 bits per heavy atom. The summed E-state index contributed by atoms with van der Waals surface area (Å²) in [4.78, 5) is 117. The molecule has 0 aliphatic heterocycles. The molecule has 4 aromatic heterocycles. The van der Waals surface area contributed by atoms with E-state index in [4.69, 9.17) is 5.11 Å². The summed E-state index contributed by atoms with van der Waals surface area (Å²) < 4.78 is 0. The predicted octanol–water partition coefficient (Wildman–Crippen LogP) is 0.966. The van der Waals surface area contributed by atoms with Gasteiger partial charge in [-0.2, -0.15) is 0 Å². The van der Waals surface area contributed by atoms with Crippen LogP contribution in [0.1, 0.15) is 56.6 Å². The SMILES string of the molecule is CC(Cc1ccnc(-c2ccccn2)c1)C(=O)NCCC(=O)NC(CCC(=O)O)C(=O)NCCC(=O)NC(Cc1ccnc(-c2ccccn2)c1)C(=O)NCCC(=O)NCCC(=O)O. The molecule has 0 saturated heterocycles. The third kappa shape index (κ3) is 17.8. The molecule has 3 atom stereocenters. The van der Waals surface area contributed by atoms with Crippen LogP contribution in [0.2, 0.25) is 0 Å². The molecular formula is C44H52N10O10. The zero-order valence-corrected chi connectivity index (χ0v) is 35.2. The van der Waals surface area contributed by atoms with Crippen molar-refractivity contribution in [2.75, 3.05) is 26.2 Å². The van der Waals surface area contributed by atoms with Gasteiger partial charge in [0.2, 0.25) is 35.4 Å². The second-order valence-electron chi connectivity index (χ2n) is 14.6. The van der Waals surface area contributed by atoms with E-state index in [1.807, 2.05) is 18.2 Å². The van der Waals surface area contributed by atoms with Crippen molar-refractivity contribution < 1.29 is 48.6 Å². The van der Waals surface area contributed by atoms with Crippen LogP contribution in [0.15, 0.2) is 85.5 Å². The number of aliphatic carboxylic acids is 2. The summed E-state index contributed by atoms with van der Waals surface area (Å²) in [5, 5.41) is 33.5. The Bertz CT molecular complexity index is 2230. The van der Waals surface area contributed by atoms with E-state index in [9.17, 15) is 43.5 Å². The van der Waals surface area contributed by atoms with E-state index in [2.05, 4.69) is 51.8 Å². The van der Waals surface area contributed by atoms with E-state index < -0.39 is 65.9 Å². The fourth-order valence-corrected chi connectivity index (χ4v) is 6.19. The normalized spacial score (nSPS) is 12.1. The number of carboxylic acid groups (broad SMARTS) is 2. The Morgan fingerprint density at radius 1 is 0.484 bits per heavy atom. The minimum Gasteiger partial charge on any atom is -0.481 e. The van der Waals surface area contributed by atoms with Gasteiger partial charge in [-0.3, -0.25) is 58.3 Å². The molecule has 0 saturated carbocycles. The Labute approximate surface area is 368 Å². The molecular weight excluding hydrogens is 829 g/mol. The highest BCUT2D eigenvalue weighted by atomic mass is 16.4. The molecule has 0 aliphatic carbocycles. The van der Waals surface area contributed by atoms with Crippen molar-refractivity contribution in [2.45, 2.75) is 70.4 Å². The van der Waals surface area contributed by atoms with Crippen LogP contribution in [0, 0.1) is 5.92 Å². The highest BCUT2D eigenvalue weighted by molar-refractivity contribution is 5.90. The van der Waals surface area contributed by atoms with Crippen molar-refractivity contribution in [1.29, 1.82) is 0 Å². The third-order valence-electron chi connectivity index (χ3n) is 9.50. The van der Waals surface area contributed by atoms with E-state index in [0.717, 1.165) is 5.56 Å². The molecule has 6 amide bonds. The van der Waals surface area contributed by atoms with Crippen molar-refractivity contribution in [3.05, 3.63) is 96.6 Å². The van der Waals surface area contributed by atoms with Crippen LogP contribution in [-0.4, -0.2) is 116 Å². The lowest BCUT2D eigenvalue weighted by atomic mass is 10.00. The Kier molecular flexibility index (Phi) is 19.9. The van der Waals surface area contributed by atoms with Gasteiger partial charge in [-0.25, -0.2) is 0 Å². The fraction of sp³-hybridized carbons (Fsp3) is 0.364. The van der Waals surface area contributed by atoms with Gasteiger partial charge in [0.1, 0.15) is 12.1 Å². The molecule has 0 aromatic carbocycles. The number of carboxylic acids is 2. The fourth-order valence-electron chi connectivity index (χ4n) is 6.19. The topological polar surface area (TPSA) is 301 Å². The van der Waals surface area contributed by atoms with Crippen molar-refractivity contribution >= 4 is 47.4 Å². The second-order valence-corrected chi connectivity index (χ2v) is 14.6. The minimum absolute atomic E-state index is 0.0119. The summed E-state index contributed by atoms with van der Waals surface area (Å²) in [6.07, 6.45) is 5.27. The number of nitrogens with zero attached hydrogens (tertiary/aromatic N) is 4. The van der Waals surface area contributed by atoms with Gasteiger partial charge >= 0.3 is 11.9 Å². The number of hydrogen-bond acceptors (Lipinski definition) is 12. The lowest BCUT2D eigenvalue weighted by molar-refractivity contribution is -0.138. The number of pyridine rings is 4. The molecule has 20 nitrogen and oxygen atoms in total. The standard InChI is InChI=1S/C44H52N10O10/c1-28(24-29-10-18-47-34(25-29)31-6-2-4-16-45-31)42(62)50-21-13-38(56)53-33(8-9-40(58)59)43(63)51-22-14-39(57)54-36(44(64)52-20-12-37(55)49-23-15-41(60)61)27-30-11-19-48-35(26-30)32-7-3-5-17-46-32/h2-7,10-11,16-19,25-26,28,33,36H,8-9,12-15,20-24,27H2,1H3,(H,49,55)(H,50,62)(H,51,63)(H,52,64)(H,53,56)(H,54,57)(H,58,59)(H,60,61). The summed E-state index contributed by atoms with van der Waals surface area (Å²) in [7, 11) is 0. The Morgan fingerprint density at radius 3 is 1.45 bits per heavy atom. The first-order valence-corrected chi connectivity index (χ1v) is 20.6. The number of aromatic nitrogens is 4. The molecule has 3 unspecified atom stereocenters. The van der Waals surface area contributed by atoms with Gasteiger partial charge in [-0.1, -0.05) is 19.1 Å². The van der Waals surface area contributed by atoms with Crippen LogP contribution in [-0.2, 0) is 51.2 Å². The van der Waals surface area contributed by atoms with Gasteiger partial charge in [-0.05, 0) is 72.5 Å². The molecule has 4 rings (SSSR count). The van der Waals surface area contributed by atoms with Crippen molar-refractivity contribution in [3.8, 4) is 22.8 Å². The Balaban J connectivity index is 1.28. The average Bonchev–Trinajstić information content (AvgIpc) is 3.28. The smallest absolute Gasteiger partial charge is 0.305 e. The number of amides is 6. The molecule has 20 heteroatoms. The molecule has 0 aliphatic rings. The molecule has 4 heterocycles. The quantitative estimate of drug-likeness (QED) is 0.0436. The van der Waals surface area contributed by atoms with Crippen molar-refractivity contribution in [1.82, 2.24) is 51.8 Å². The first kappa shape index (κ1) is 49.0. The molecule has 4 aromatic rings. The number of carbonyl (C=O) groups is 8. The second kappa shape index (κ2) is 26.0. The maximum absolute atomic E-state index is 13.4. The molecule has 64 heavy (non-hydrogen) atoms. The van der Waals surface area contributed by atoms with Crippen LogP contribution in [0.25, 0.3) is 22.8 Å². The molecule has 0 bridgehead atoms. The van der Waals surface area contributed by atoms with Gasteiger partial charge in [0.05, 0.1) is 29.2 Å². The summed E-state index contributed by atoms with van der Waals surface area (Å²) in [6.45, 7) is 1.29. The number of carbonyl (C=O) groups excluding carboxylic acids is 6. The van der Waals surface area contributed by atoms with Gasteiger partial charge in [-0.15, -0.1) is 0 Å². The molecule has 338 valence electrons. The summed E-state index contributed by atoms with van der Waals surface area (Å²) >= 11 is 0. The third-order valence-corrected chi connectivity index (χ3v) is 9.50. The average molecular weight is 881 g/mol. The van der Waals surface area contributed by atoms with Gasteiger partial charge < -0.3 is 42.1 Å².